The number of nitrogens with zero attached hydrogens (tertiary/aromatic N) is 3. The van der Waals surface area contributed by atoms with Crippen molar-refractivity contribution >= 4 is 17.5 Å². The van der Waals surface area contributed by atoms with E-state index in [2.05, 4.69) is 9.80 Å². The molecule has 1 aromatic carbocycles. The van der Waals surface area contributed by atoms with Crippen LogP contribution in [0.5, 0.6) is 11.5 Å². The standard InChI is InChI=1S/C20H28ClN3O4/c21-17-12-16(13-18-20(17)28-9-1-8-27-18)14-22-2-4-24(5-3-22)19(25)15-23-6-10-26-11-7-23/h12-13H,1-11,14-15H2. The SMILES string of the molecule is O=C(CN1CCOCC1)N1CCN(Cc2cc(Cl)c3c(c2)OCCCO3)CC1. The van der Waals surface area contributed by atoms with E-state index in [1.54, 1.807) is 0 Å². The molecule has 0 aromatic heterocycles. The minimum absolute atomic E-state index is 0.222. The molecule has 2 fully saturated rings. The number of fused-ring (bicyclic) bond motifs is 1. The summed E-state index contributed by atoms with van der Waals surface area (Å²) in [5.74, 6) is 1.61. The molecule has 0 radical (unpaired) electrons. The summed E-state index contributed by atoms with van der Waals surface area (Å²) < 4.78 is 16.8. The molecule has 0 N–H and O–H groups in total. The van der Waals surface area contributed by atoms with Gasteiger partial charge in [-0.25, -0.2) is 0 Å². The molecule has 0 aliphatic carbocycles. The quantitative estimate of drug-likeness (QED) is 0.750. The minimum Gasteiger partial charge on any atom is -0.489 e. The third kappa shape index (κ3) is 4.89. The van der Waals surface area contributed by atoms with Crippen molar-refractivity contribution in [2.45, 2.75) is 13.0 Å². The lowest BCUT2D eigenvalue weighted by molar-refractivity contribution is -0.135. The molecule has 0 saturated carbocycles. The van der Waals surface area contributed by atoms with Gasteiger partial charge in [-0.15, -0.1) is 0 Å². The first kappa shape index (κ1) is 19.8. The predicted molar refractivity (Wildman–Crippen MR) is 106 cm³/mol. The Morgan fingerprint density at radius 1 is 0.929 bits per heavy atom. The van der Waals surface area contributed by atoms with Gasteiger partial charge in [0.1, 0.15) is 0 Å². The van der Waals surface area contributed by atoms with Gasteiger partial charge >= 0.3 is 0 Å². The summed E-state index contributed by atoms with van der Waals surface area (Å²) in [5.41, 5.74) is 1.11. The molecule has 0 unspecified atom stereocenters. The van der Waals surface area contributed by atoms with Crippen LogP contribution in [-0.2, 0) is 16.1 Å². The van der Waals surface area contributed by atoms with E-state index >= 15 is 0 Å². The molecule has 1 amide bonds. The highest BCUT2D eigenvalue weighted by Gasteiger charge is 2.24. The summed E-state index contributed by atoms with van der Waals surface area (Å²) in [5, 5.41) is 0.605. The molecule has 2 saturated heterocycles. The number of hydrogen-bond acceptors (Lipinski definition) is 6. The Morgan fingerprint density at radius 3 is 2.46 bits per heavy atom. The first-order valence-corrected chi connectivity index (χ1v) is 10.4. The Labute approximate surface area is 171 Å². The van der Waals surface area contributed by atoms with Gasteiger partial charge in [-0.3, -0.25) is 14.6 Å². The maximum absolute atomic E-state index is 12.5. The van der Waals surface area contributed by atoms with E-state index in [1.165, 1.54) is 0 Å². The normalized spacial score (nSPS) is 21.4. The number of halogens is 1. The number of carbonyl (C=O) groups excluding carboxylic acids is 1. The van der Waals surface area contributed by atoms with Crippen molar-refractivity contribution in [3.63, 3.8) is 0 Å². The second-order valence-electron chi connectivity index (χ2n) is 7.50. The van der Waals surface area contributed by atoms with Gasteiger partial charge in [-0.1, -0.05) is 11.6 Å². The molecule has 3 heterocycles. The zero-order valence-corrected chi connectivity index (χ0v) is 17.0. The smallest absolute Gasteiger partial charge is 0.236 e. The number of carbonyl (C=O) groups is 1. The number of hydrogen-bond donors (Lipinski definition) is 0. The molecule has 0 spiro atoms. The van der Waals surface area contributed by atoms with Gasteiger partial charge in [0.15, 0.2) is 11.5 Å². The summed E-state index contributed by atoms with van der Waals surface area (Å²) in [6.07, 6.45) is 0.862. The van der Waals surface area contributed by atoms with E-state index in [1.807, 2.05) is 17.0 Å². The topological polar surface area (TPSA) is 54.5 Å². The Kier molecular flexibility index (Phi) is 6.57. The van der Waals surface area contributed by atoms with Crippen molar-refractivity contribution < 1.29 is 19.0 Å². The molecule has 4 rings (SSSR count). The fraction of sp³-hybridized carbons (Fsp3) is 0.650. The monoisotopic (exact) mass is 409 g/mol. The first-order chi connectivity index (χ1) is 13.7. The second-order valence-corrected chi connectivity index (χ2v) is 7.91. The van der Waals surface area contributed by atoms with Crippen molar-refractivity contribution in [2.24, 2.45) is 0 Å². The molecule has 7 nitrogen and oxygen atoms in total. The molecule has 1 aromatic rings. The van der Waals surface area contributed by atoms with Crippen LogP contribution in [0.15, 0.2) is 12.1 Å². The largest absolute Gasteiger partial charge is 0.489 e. The average Bonchev–Trinajstić information content (AvgIpc) is 2.95. The van der Waals surface area contributed by atoms with Gasteiger partial charge in [0.25, 0.3) is 0 Å². The zero-order chi connectivity index (χ0) is 19.3. The maximum Gasteiger partial charge on any atom is 0.236 e. The molecule has 8 heteroatoms. The molecule has 0 atom stereocenters. The lowest BCUT2D eigenvalue weighted by atomic mass is 10.1. The zero-order valence-electron chi connectivity index (χ0n) is 16.2. The number of benzene rings is 1. The van der Waals surface area contributed by atoms with E-state index in [4.69, 9.17) is 25.8 Å². The van der Waals surface area contributed by atoms with Crippen LogP contribution < -0.4 is 9.47 Å². The van der Waals surface area contributed by atoms with E-state index in [9.17, 15) is 4.79 Å². The number of ether oxygens (including phenoxy) is 3. The number of rotatable bonds is 4. The van der Waals surface area contributed by atoms with Crippen LogP contribution in [0.4, 0.5) is 0 Å². The lowest BCUT2D eigenvalue weighted by Crippen LogP contribution is -2.51. The van der Waals surface area contributed by atoms with Gasteiger partial charge in [-0.2, -0.15) is 0 Å². The number of morpholine rings is 1. The van der Waals surface area contributed by atoms with Crippen LogP contribution in [0.25, 0.3) is 0 Å². The van der Waals surface area contributed by atoms with Gasteiger partial charge in [0, 0.05) is 52.2 Å². The van der Waals surface area contributed by atoms with Crippen molar-refractivity contribution in [1.82, 2.24) is 14.7 Å². The van der Waals surface area contributed by atoms with Crippen LogP contribution in [0, 0.1) is 0 Å². The van der Waals surface area contributed by atoms with E-state index in [0.29, 0.717) is 30.5 Å². The maximum atomic E-state index is 12.5. The summed E-state index contributed by atoms with van der Waals surface area (Å²) >= 11 is 6.40. The Morgan fingerprint density at radius 2 is 1.68 bits per heavy atom. The van der Waals surface area contributed by atoms with Crippen molar-refractivity contribution in [1.29, 1.82) is 0 Å². The van der Waals surface area contributed by atoms with E-state index in [0.717, 1.165) is 76.8 Å². The van der Waals surface area contributed by atoms with Crippen LogP contribution >= 0.6 is 11.6 Å². The number of amides is 1. The van der Waals surface area contributed by atoms with Gasteiger partial charge in [0.05, 0.1) is 38.0 Å². The molecule has 3 aliphatic rings. The van der Waals surface area contributed by atoms with E-state index in [-0.39, 0.29) is 5.91 Å². The highest BCUT2D eigenvalue weighted by atomic mass is 35.5. The predicted octanol–water partition coefficient (Wildman–Crippen LogP) is 1.48. The van der Waals surface area contributed by atoms with Crippen LogP contribution in [-0.4, -0.2) is 92.8 Å². The third-order valence-electron chi connectivity index (χ3n) is 5.46. The highest BCUT2D eigenvalue weighted by molar-refractivity contribution is 6.32. The van der Waals surface area contributed by atoms with Crippen molar-refractivity contribution in [2.75, 3.05) is 72.2 Å². The minimum atomic E-state index is 0.222. The third-order valence-corrected chi connectivity index (χ3v) is 5.74. The van der Waals surface area contributed by atoms with E-state index < -0.39 is 0 Å². The molecule has 3 aliphatic heterocycles. The Balaban J connectivity index is 1.29. The summed E-state index contributed by atoms with van der Waals surface area (Å²) in [7, 11) is 0. The molecular weight excluding hydrogens is 382 g/mol. The Bertz CT molecular complexity index is 688. The Hall–Kier alpha value is -1.54. The molecule has 28 heavy (non-hydrogen) atoms. The second kappa shape index (κ2) is 9.31. The van der Waals surface area contributed by atoms with Crippen LogP contribution in [0.1, 0.15) is 12.0 Å². The van der Waals surface area contributed by atoms with Gasteiger partial charge in [0.2, 0.25) is 5.91 Å². The average molecular weight is 410 g/mol. The fourth-order valence-corrected chi connectivity index (χ4v) is 4.13. The number of piperazine rings is 1. The van der Waals surface area contributed by atoms with Crippen LogP contribution in [0.2, 0.25) is 5.02 Å². The van der Waals surface area contributed by atoms with Gasteiger partial charge < -0.3 is 19.1 Å². The lowest BCUT2D eigenvalue weighted by Gasteiger charge is -2.36. The highest BCUT2D eigenvalue weighted by Crippen LogP contribution is 2.38. The summed E-state index contributed by atoms with van der Waals surface area (Å²) in [4.78, 5) is 19.1. The van der Waals surface area contributed by atoms with Gasteiger partial charge in [-0.05, 0) is 17.7 Å². The van der Waals surface area contributed by atoms with Crippen LogP contribution in [0.3, 0.4) is 0 Å². The fourth-order valence-electron chi connectivity index (χ4n) is 3.84. The summed E-state index contributed by atoms with van der Waals surface area (Å²) in [6.45, 7) is 8.96. The molecule has 154 valence electrons. The molecular formula is C20H28ClN3O4. The molecule has 0 bridgehead atoms. The van der Waals surface area contributed by atoms with Crippen molar-refractivity contribution in [3.8, 4) is 11.5 Å². The van der Waals surface area contributed by atoms with Crippen molar-refractivity contribution in [3.05, 3.63) is 22.7 Å². The first-order valence-electron chi connectivity index (χ1n) is 10.1. The summed E-state index contributed by atoms with van der Waals surface area (Å²) in [6, 6.07) is 3.99.